The van der Waals surface area contributed by atoms with Crippen LogP contribution in [0.1, 0.15) is 43.2 Å². The molecule has 2 bridgehead atoms. The Morgan fingerprint density at radius 1 is 1.25 bits per heavy atom. The molecular formula is C17H20N4O3. The third kappa shape index (κ3) is 2.65. The van der Waals surface area contributed by atoms with Crippen molar-refractivity contribution in [1.82, 2.24) is 20.2 Å². The summed E-state index contributed by atoms with van der Waals surface area (Å²) in [6, 6.07) is 9.68. The second-order valence-electron chi connectivity index (χ2n) is 6.15. The summed E-state index contributed by atoms with van der Waals surface area (Å²) < 4.78 is 5.66. The number of fused-ring (bicyclic) bond motifs is 2. The van der Waals surface area contributed by atoms with Crippen molar-refractivity contribution in [2.45, 2.75) is 44.9 Å². The van der Waals surface area contributed by atoms with Crippen molar-refractivity contribution in [1.29, 1.82) is 0 Å². The SMILES string of the molecule is CCc1nnc([C@@H]2CC[C@@H]3CN2C(=O)N3OCc2ccccc2)o1. The van der Waals surface area contributed by atoms with E-state index in [4.69, 9.17) is 9.25 Å². The summed E-state index contributed by atoms with van der Waals surface area (Å²) in [7, 11) is 0. The maximum atomic E-state index is 12.7. The Hall–Kier alpha value is -2.41. The van der Waals surface area contributed by atoms with Crippen LogP contribution in [-0.2, 0) is 17.9 Å². The van der Waals surface area contributed by atoms with Gasteiger partial charge in [0.25, 0.3) is 0 Å². The monoisotopic (exact) mass is 328 g/mol. The third-order valence-corrected chi connectivity index (χ3v) is 4.61. The van der Waals surface area contributed by atoms with Gasteiger partial charge in [-0.3, -0.25) is 4.84 Å². The number of carbonyl (C=O) groups is 1. The van der Waals surface area contributed by atoms with Crippen molar-refractivity contribution in [3.63, 3.8) is 0 Å². The highest BCUT2D eigenvalue weighted by Gasteiger charge is 2.47. The van der Waals surface area contributed by atoms with Gasteiger partial charge in [0.15, 0.2) is 0 Å². The van der Waals surface area contributed by atoms with Crippen LogP contribution >= 0.6 is 0 Å². The summed E-state index contributed by atoms with van der Waals surface area (Å²) in [4.78, 5) is 20.3. The van der Waals surface area contributed by atoms with E-state index in [0.29, 0.717) is 31.4 Å². The summed E-state index contributed by atoms with van der Waals surface area (Å²) in [5, 5.41) is 9.64. The van der Waals surface area contributed by atoms with Gasteiger partial charge < -0.3 is 9.32 Å². The van der Waals surface area contributed by atoms with Crippen LogP contribution in [0, 0.1) is 0 Å². The number of urea groups is 1. The summed E-state index contributed by atoms with van der Waals surface area (Å²) in [5.41, 5.74) is 1.04. The van der Waals surface area contributed by atoms with Gasteiger partial charge in [0.2, 0.25) is 11.8 Å². The largest absolute Gasteiger partial charge is 0.423 e. The van der Waals surface area contributed by atoms with E-state index < -0.39 is 0 Å². The normalized spacial score (nSPS) is 23.1. The first-order valence-electron chi connectivity index (χ1n) is 8.35. The third-order valence-electron chi connectivity index (χ3n) is 4.61. The first kappa shape index (κ1) is 15.1. The van der Waals surface area contributed by atoms with E-state index in [-0.39, 0.29) is 18.1 Å². The summed E-state index contributed by atoms with van der Waals surface area (Å²) in [5.74, 6) is 1.14. The van der Waals surface area contributed by atoms with E-state index in [2.05, 4.69) is 10.2 Å². The molecule has 2 saturated heterocycles. The van der Waals surface area contributed by atoms with Crippen LogP contribution in [-0.4, -0.2) is 38.8 Å². The summed E-state index contributed by atoms with van der Waals surface area (Å²) in [6.07, 6.45) is 2.38. The first-order chi connectivity index (χ1) is 11.8. The average molecular weight is 328 g/mol. The zero-order valence-corrected chi connectivity index (χ0v) is 13.6. The molecule has 7 heteroatoms. The standard InChI is InChI=1S/C17H20N4O3/c1-2-15-18-19-16(24-15)14-9-8-13-10-20(14)17(22)21(13)23-11-12-6-4-3-5-7-12/h3-7,13-14H,2,8-11H2,1H3/t13-,14+/m1/s1. The van der Waals surface area contributed by atoms with Gasteiger partial charge in [0.05, 0.1) is 6.04 Å². The van der Waals surface area contributed by atoms with Gasteiger partial charge in [-0.1, -0.05) is 37.3 Å². The van der Waals surface area contributed by atoms with E-state index in [1.807, 2.05) is 37.3 Å². The van der Waals surface area contributed by atoms with Crippen LogP contribution in [0.2, 0.25) is 0 Å². The first-order valence-corrected chi connectivity index (χ1v) is 8.35. The Balaban J connectivity index is 1.46. The molecule has 7 nitrogen and oxygen atoms in total. The van der Waals surface area contributed by atoms with Crippen LogP contribution in [0.3, 0.4) is 0 Å². The van der Waals surface area contributed by atoms with E-state index in [0.717, 1.165) is 18.4 Å². The van der Waals surface area contributed by atoms with Crippen molar-refractivity contribution in [2.75, 3.05) is 6.54 Å². The Bertz CT molecular complexity index is 718. The molecule has 0 aliphatic carbocycles. The Morgan fingerprint density at radius 3 is 2.83 bits per heavy atom. The molecule has 0 saturated carbocycles. The molecule has 2 fully saturated rings. The molecule has 2 aromatic rings. The zero-order valence-electron chi connectivity index (χ0n) is 13.6. The lowest BCUT2D eigenvalue weighted by Crippen LogP contribution is -2.34. The predicted octanol–water partition coefficient (Wildman–Crippen LogP) is 2.70. The molecule has 0 unspecified atom stereocenters. The van der Waals surface area contributed by atoms with Crippen LogP contribution in [0.15, 0.2) is 34.7 Å². The van der Waals surface area contributed by atoms with E-state index in [1.165, 1.54) is 5.06 Å². The molecule has 24 heavy (non-hydrogen) atoms. The molecule has 2 amide bonds. The molecule has 1 aromatic heterocycles. The maximum Gasteiger partial charge on any atom is 0.345 e. The fourth-order valence-electron chi connectivity index (χ4n) is 3.32. The fraction of sp³-hybridized carbons (Fsp3) is 0.471. The van der Waals surface area contributed by atoms with Crippen molar-refractivity contribution in [3.05, 3.63) is 47.7 Å². The van der Waals surface area contributed by atoms with Gasteiger partial charge in [0, 0.05) is 13.0 Å². The number of hydrogen-bond donors (Lipinski definition) is 0. The van der Waals surface area contributed by atoms with Gasteiger partial charge in [-0.25, -0.2) is 4.79 Å². The van der Waals surface area contributed by atoms with Gasteiger partial charge in [-0.05, 0) is 18.4 Å². The molecule has 1 aromatic carbocycles. The number of amides is 2. The molecule has 126 valence electrons. The number of rotatable bonds is 5. The van der Waals surface area contributed by atoms with Gasteiger partial charge >= 0.3 is 6.03 Å². The summed E-state index contributed by atoms with van der Waals surface area (Å²) >= 11 is 0. The van der Waals surface area contributed by atoms with Crippen LogP contribution in [0.4, 0.5) is 4.79 Å². The second kappa shape index (κ2) is 6.24. The molecule has 0 radical (unpaired) electrons. The van der Waals surface area contributed by atoms with E-state index in [9.17, 15) is 4.79 Å². The van der Waals surface area contributed by atoms with Crippen LogP contribution < -0.4 is 0 Å². The van der Waals surface area contributed by atoms with E-state index in [1.54, 1.807) is 4.90 Å². The highest BCUT2D eigenvalue weighted by Crippen LogP contribution is 2.38. The molecule has 0 spiro atoms. The van der Waals surface area contributed by atoms with E-state index >= 15 is 0 Å². The fourth-order valence-corrected chi connectivity index (χ4v) is 3.32. The number of hydroxylamine groups is 2. The Kier molecular flexibility index (Phi) is 3.93. The molecule has 2 aliphatic rings. The lowest BCUT2D eigenvalue weighted by molar-refractivity contribution is -0.140. The van der Waals surface area contributed by atoms with Crippen molar-refractivity contribution < 1.29 is 14.0 Å². The Labute approximate surface area is 140 Å². The summed E-state index contributed by atoms with van der Waals surface area (Å²) in [6.45, 7) is 3.00. The molecule has 4 rings (SSSR count). The quantitative estimate of drug-likeness (QED) is 0.844. The topological polar surface area (TPSA) is 71.7 Å². The number of piperidine rings is 1. The minimum atomic E-state index is -0.146. The predicted molar refractivity (Wildman–Crippen MR) is 84.6 cm³/mol. The minimum absolute atomic E-state index is 0.0889. The van der Waals surface area contributed by atoms with Gasteiger partial charge in [-0.15, -0.1) is 10.2 Å². The highest BCUT2D eigenvalue weighted by molar-refractivity contribution is 5.77. The van der Waals surface area contributed by atoms with Crippen LogP contribution in [0.5, 0.6) is 0 Å². The smallest absolute Gasteiger partial charge is 0.345 e. The average Bonchev–Trinajstić information content (AvgIpc) is 3.19. The lowest BCUT2D eigenvalue weighted by atomic mass is 10.0. The molecular weight excluding hydrogens is 308 g/mol. The van der Waals surface area contributed by atoms with Crippen molar-refractivity contribution in [3.8, 4) is 0 Å². The maximum absolute atomic E-state index is 12.7. The van der Waals surface area contributed by atoms with Crippen molar-refractivity contribution >= 4 is 6.03 Å². The number of carbonyl (C=O) groups excluding carboxylic acids is 1. The van der Waals surface area contributed by atoms with Crippen LogP contribution in [0.25, 0.3) is 0 Å². The van der Waals surface area contributed by atoms with Crippen molar-refractivity contribution in [2.24, 2.45) is 0 Å². The minimum Gasteiger partial charge on any atom is -0.423 e. The molecule has 0 N–H and O–H groups in total. The molecule has 2 atom stereocenters. The van der Waals surface area contributed by atoms with Gasteiger partial charge in [-0.2, -0.15) is 5.06 Å². The number of nitrogens with zero attached hydrogens (tertiary/aromatic N) is 4. The second-order valence-corrected chi connectivity index (χ2v) is 6.15. The van der Waals surface area contributed by atoms with Gasteiger partial charge in [0.1, 0.15) is 12.6 Å². The number of benzene rings is 1. The zero-order chi connectivity index (χ0) is 16.5. The number of hydrogen-bond acceptors (Lipinski definition) is 5. The highest BCUT2D eigenvalue weighted by atomic mass is 16.7. The Morgan fingerprint density at radius 2 is 2.08 bits per heavy atom. The lowest BCUT2D eigenvalue weighted by Gasteiger charge is -2.27. The number of aryl methyl sites for hydroxylation is 1. The molecule has 3 heterocycles. The molecule has 2 aliphatic heterocycles. The number of aromatic nitrogens is 2.